The maximum Gasteiger partial charge on any atom is 0.240 e. The standard InChI is InChI=1S/C15H20N2O2/c1-5-6-16-15(19)10-17(13(4)18)14-8-11(2)7-12(3)9-14/h5,7-9H,1,6,10H2,2-4H3,(H,16,19). The van der Waals surface area contributed by atoms with Crippen LogP contribution in [0.25, 0.3) is 0 Å². The second kappa shape index (κ2) is 6.73. The zero-order valence-corrected chi connectivity index (χ0v) is 11.7. The third-order valence-corrected chi connectivity index (χ3v) is 2.64. The molecule has 1 N–H and O–H groups in total. The van der Waals surface area contributed by atoms with Crippen molar-refractivity contribution in [2.24, 2.45) is 0 Å². The number of amides is 2. The third-order valence-electron chi connectivity index (χ3n) is 2.64. The van der Waals surface area contributed by atoms with Crippen molar-refractivity contribution < 1.29 is 9.59 Å². The topological polar surface area (TPSA) is 49.4 Å². The highest BCUT2D eigenvalue weighted by Gasteiger charge is 2.15. The Balaban J connectivity index is 2.91. The van der Waals surface area contributed by atoms with Gasteiger partial charge in [-0.05, 0) is 37.1 Å². The minimum atomic E-state index is -0.200. The molecule has 1 rings (SSSR count). The van der Waals surface area contributed by atoms with E-state index in [1.54, 1.807) is 6.08 Å². The van der Waals surface area contributed by atoms with Crippen molar-refractivity contribution in [1.29, 1.82) is 0 Å². The van der Waals surface area contributed by atoms with Crippen LogP contribution in [0, 0.1) is 13.8 Å². The lowest BCUT2D eigenvalue weighted by Gasteiger charge is -2.21. The molecule has 0 radical (unpaired) electrons. The summed E-state index contributed by atoms with van der Waals surface area (Å²) in [4.78, 5) is 24.9. The molecule has 0 atom stereocenters. The van der Waals surface area contributed by atoms with Crippen molar-refractivity contribution in [3.63, 3.8) is 0 Å². The smallest absolute Gasteiger partial charge is 0.240 e. The summed E-state index contributed by atoms with van der Waals surface area (Å²) in [7, 11) is 0. The van der Waals surface area contributed by atoms with Gasteiger partial charge < -0.3 is 10.2 Å². The fraction of sp³-hybridized carbons (Fsp3) is 0.333. The summed E-state index contributed by atoms with van der Waals surface area (Å²) in [5.41, 5.74) is 2.87. The Morgan fingerprint density at radius 2 is 1.84 bits per heavy atom. The number of rotatable bonds is 5. The van der Waals surface area contributed by atoms with Gasteiger partial charge in [0.05, 0.1) is 0 Å². The Hall–Kier alpha value is -2.10. The molecule has 0 bridgehead atoms. The number of nitrogens with zero attached hydrogens (tertiary/aromatic N) is 1. The molecular formula is C15H20N2O2. The first-order valence-corrected chi connectivity index (χ1v) is 6.18. The van der Waals surface area contributed by atoms with Crippen LogP contribution in [0.3, 0.4) is 0 Å². The van der Waals surface area contributed by atoms with Gasteiger partial charge in [0.2, 0.25) is 11.8 Å². The predicted octanol–water partition coefficient (Wildman–Crippen LogP) is 1.96. The highest BCUT2D eigenvalue weighted by molar-refractivity contribution is 5.97. The molecule has 2 amide bonds. The highest BCUT2D eigenvalue weighted by atomic mass is 16.2. The van der Waals surface area contributed by atoms with Crippen molar-refractivity contribution >= 4 is 17.5 Å². The van der Waals surface area contributed by atoms with E-state index in [1.807, 2.05) is 32.0 Å². The van der Waals surface area contributed by atoms with Gasteiger partial charge in [0.25, 0.3) is 0 Å². The van der Waals surface area contributed by atoms with E-state index in [9.17, 15) is 9.59 Å². The molecule has 0 saturated carbocycles. The van der Waals surface area contributed by atoms with Crippen LogP contribution in [-0.4, -0.2) is 24.9 Å². The molecule has 0 heterocycles. The molecule has 102 valence electrons. The summed E-state index contributed by atoms with van der Waals surface area (Å²) < 4.78 is 0. The molecule has 0 spiro atoms. The Bertz CT molecular complexity index is 475. The molecule has 0 aromatic heterocycles. The molecule has 0 aliphatic heterocycles. The van der Waals surface area contributed by atoms with Crippen LogP contribution in [-0.2, 0) is 9.59 Å². The van der Waals surface area contributed by atoms with Crippen LogP contribution in [0.5, 0.6) is 0 Å². The van der Waals surface area contributed by atoms with Crippen LogP contribution >= 0.6 is 0 Å². The fourth-order valence-corrected chi connectivity index (χ4v) is 1.88. The summed E-state index contributed by atoms with van der Waals surface area (Å²) in [5, 5.41) is 2.67. The first-order valence-electron chi connectivity index (χ1n) is 6.18. The second-order valence-corrected chi connectivity index (χ2v) is 4.54. The van der Waals surface area contributed by atoms with Crippen LogP contribution in [0.2, 0.25) is 0 Å². The largest absolute Gasteiger partial charge is 0.351 e. The molecule has 0 saturated heterocycles. The SMILES string of the molecule is C=CCNC(=O)CN(C(C)=O)c1cc(C)cc(C)c1. The molecule has 1 aromatic carbocycles. The molecule has 4 nitrogen and oxygen atoms in total. The number of hydrogen-bond acceptors (Lipinski definition) is 2. The number of anilines is 1. The van der Waals surface area contributed by atoms with E-state index in [2.05, 4.69) is 11.9 Å². The Morgan fingerprint density at radius 3 is 2.32 bits per heavy atom. The van der Waals surface area contributed by atoms with Crippen molar-refractivity contribution in [1.82, 2.24) is 5.32 Å². The maximum absolute atomic E-state index is 11.7. The quantitative estimate of drug-likeness (QED) is 0.823. The van der Waals surface area contributed by atoms with E-state index in [1.165, 1.54) is 11.8 Å². The normalized spacial score (nSPS) is 9.84. The number of benzene rings is 1. The van der Waals surface area contributed by atoms with Gasteiger partial charge in [-0.25, -0.2) is 0 Å². The lowest BCUT2D eigenvalue weighted by Crippen LogP contribution is -2.39. The number of carbonyl (C=O) groups is 2. The second-order valence-electron chi connectivity index (χ2n) is 4.54. The molecule has 1 aromatic rings. The highest BCUT2D eigenvalue weighted by Crippen LogP contribution is 2.18. The predicted molar refractivity (Wildman–Crippen MR) is 77.1 cm³/mol. The first-order chi connectivity index (χ1) is 8.93. The van der Waals surface area contributed by atoms with E-state index in [0.29, 0.717) is 6.54 Å². The van der Waals surface area contributed by atoms with Crippen LogP contribution in [0.1, 0.15) is 18.1 Å². The first kappa shape index (κ1) is 15.0. The van der Waals surface area contributed by atoms with Crippen LogP contribution in [0.15, 0.2) is 30.9 Å². The van der Waals surface area contributed by atoms with Crippen molar-refractivity contribution in [3.8, 4) is 0 Å². The van der Waals surface area contributed by atoms with Gasteiger partial charge in [0, 0.05) is 19.2 Å². The summed E-state index contributed by atoms with van der Waals surface area (Å²) in [6.07, 6.45) is 1.60. The summed E-state index contributed by atoms with van der Waals surface area (Å²) in [6.45, 7) is 9.34. The zero-order chi connectivity index (χ0) is 14.4. The molecule has 0 aliphatic rings. The third kappa shape index (κ3) is 4.58. The molecule has 0 aliphatic carbocycles. The van der Waals surface area contributed by atoms with Gasteiger partial charge in [-0.2, -0.15) is 0 Å². The summed E-state index contributed by atoms with van der Waals surface area (Å²) in [5.74, 6) is -0.354. The Kier molecular flexibility index (Phi) is 5.30. The summed E-state index contributed by atoms with van der Waals surface area (Å²) in [6, 6.07) is 5.82. The Labute approximate surface area is 114 Å². The van der Waals surface area contributed by atoms with Gasteiger partial charge in [-0.15, -0.1) is 6.58 Å². The van der Waals surface area contributed by atoms with Crippen molar-refractivity contribution in [2.75, 3.05) is 18.0 Å². The number of carbonyl (C=O) groups excluding carboxylic acids is 2. The van der Waals surface area contributed by atoms with E-state index in [-0.39, 0.29) is 18.4 Å². The van der Waals surface area contributed by atoms with E-state index in [0.717, 1.165) is 16.8 Å². The van der Waals surface area contributed by atoms with E-state index >= 15 is 0 Å². The van der Waals surface area contributed by atoms with Gasteiger partial charge in [-0.1, -0.05) is 12.1 Å². The van der Waals surface area contributed by atoms with Crippen LogP contribution in [0.4, 0.5) is 5.69 Å². The lowest BCUT2D eigenvalue weighted by molar-refractivity contribution is -0.122. The molecule has 0 unspecified atom stereocenters. The van der Waals surface area contributed by atoms with Gasteiger partial charge in [-0.3, -0.25) is 9.59 Å². The molecule has 4 heteroatoms. The zero-order valence-electron chi connectivity index (χ0n) is 11.7. The number of aryl methyl sites for hydroxylation is 2. The summed E-state index contributed by atoms with van der Waals surface area (Å²) >= 11 is 0. The minimum absolute atomic E-state index is 0.0199. The molecular weight excluding hydrogens is 240 g/mol. The number of hydrogen-bond donors (Lipinski definition) is 1. The van der Waals surface area contributed by atoms with Gasteiger partial charge in [0.15, 0.2) is 0 Å². The lowest BCUT2D eigenvalue weighted by atomic mass is 10.1. The van der Waals surface area contributed by atoms with Gasteiger partial charge in [0.1, 0.15) is 6.54 Å². The van der Waals surface area contributed by atoms with Crippen molar-refractivity contribution in [2.45, 2.75) is 20.8 Å². The molecule has 0 fully saturated rings. The average Bonchev–Trinajstić information content (AvgIpc) is 2.31. The number of nitrogens with one attached hydrogen (secondary N) is 1. The van der Waals surface area contributed by atoms with Crippen LogP contribution < -0.4 is 10.2 Å². The van der Waals surface area contributed by atoms with Gasteiger partial charge >= 0.3 is 0 Å². The molecule has 19 heavy (non-hydrogen) atoms. The minimum Gasteiger partial charge on any atom is -0.351 e. The van der Waals surface area contributed by atoms with Crippen molar-refractivity contribution in [3.05, 3.63) is 42.0 Å². The Morgan fingerprint density at radius 1 is 1.26 bits per heavy atom. The average molecular weight is 260 g/mol. The maximum atomic E-state index is 11.7. The monoisotopic (exact) mass is 260 g/mol. The van der Waals surface area contributed by atoms with E-state index < -0.39 is 0 Å². The fourth-order valence-electron chi connectivity index (χ4n) is 1.88. The van der Waals surface area contributed by atoms with E-state index in [4.69, 9.17) is 0 Å².